The molecule has 1 rings (SSSR count). The van der Waals surface area contributed by atoms with Gasteiger partial charge in [-0.1, -0.05) is 16.4 Å². The molecule has 0 aliphatic rings. The Bertz CT molecular complexity index is 325. The third-order valence-electron chi connectivity index (χ3n) is 0.924. The predicted octanol–water partition coefficient (Wildman–Crippen LogP) is 2.04. The van der Waals surface area contributed by atoms with Crippen LogP contribution in [0, 0.1) is 0 Å². The van der Waals surface area contributed by atoms with E-state index in [1.165, 1.54) is 6.92 Å². The van der Waals surface area contributed by atoms with E-state index in [0.717, 1.165) is 4.85 Å². The van der Waals surface area contributed by atoms with Crippen LogP contribution in [0.2, 0.25) is 5.02 Å². The van der Waals surface area contributed by atoms with Crippen molar-refractivity contribution in [1.82, 2.24) is 9.94 Å². The zero-order chi connectivity index (χ0) is 9.30. The topological polar surface area (TPSA) is 44.1 Å². The molecule has 0 N–H and O–H groups in total. The van der Waals surface area contributed by atoms with E-state index in [1.807, 2.05) is 0 Å². The minimum Gasteiger partial charge on any atom is -0.318 e. The van der Waals surface area contributed by atoms with E-state index < -0.39 is 5.97 Å². The maximum Gasteiger partial charge on any atom is 0.331 e. The molecule has 0 unspecified atom stereocenters. The molecule has 1 heterocycles. The summed E-state index contributed by atoms with van der Waals surface area (Å²) in [7, 11) is 0. The highest BCUT2D eigenvalue weighted by Crippen LogP contribution is 2.28. The average Bonchev–Trinajstić information content (AvgIpc) is 2.17. The van der Waals surface area contributed by atoms with Crippen molar-refractivity contribution in [3.63, 3.8) is 0 Å². The molecule has 0 radical (unpaired) electrons. The molecule has 1 aromatic heterocycles. The molecule has 4 nitrogen and oxygen atoms in total. The Kier molecular flexibility index (Phi) is 3.14. The van der Waals surface area contributed by atoms with Gasteiger partial charge in [0, 0.05) is 6.92 Å². The molecule has 12 heavy (non-hydrogen) atoms. The SMILES string of the molecule is CC(=O)On1nc(Br)c(Cl)c1Br. The fourth-order valence-electron chi connectivity index (χ4n) is 0.519. The average molecular weight is 318 g/mol. The van der Waals surface area contributed by atoms with Crippen molar-refractivity contribution in [3.8, 4) is 0 Å². The lowest BCUT2D eigenvalue weighted by Gasteiger charge is -1.98. The summed E-state index contributed by atoms with van der Waals surface area (Å²) in [5.74, 6) is -0.470. The third kappa shape index (κ3) is 1.99. The third-order valence-corrected chi connectivity index (χ3v) is 2.99. The highest BCUT2D eigenvalue weighted by Gasteiger charge is 2.13. The fourth-order valence-corrected chi connectivity index (χ4v) is 1.57. The number of halogens is 3. The summed E-state index contributed by atoms with van der Waals surface area (Å²) in [6.45, 7) is 1.27. The van der Waals surface area contributed by atoms with Gasteiger partial charge in [0.2, 0.25) is 0 Å². The van der Waals surface area contributed by atoms with Crippen molar-refractivity contribution in [3.05, 3.63) is 14.2 Å². The van der Waals surface area contributed by atoms with Gasteiger partial charge in [-0.2, -0.15) is 0 Å². The summed E-state index contributed by atoms with van der Waals surface area (Å²) in [5, 5.41) is 4.12. The number of hydrogen-bond donors (Lipinski definition) is 0. The van der Waals surface area contributed by atoms with Crippen LogP contribution in [0.15, 0.2) is 9.21 Å². The van der Waals surface area contributed by atoms with Gasteiger partial charge in [-0.15, -0.1) is 5.10 Å². The van der Waals surface area contributed by atoms with Crippen molar-refractivity contribution in [2.45, 2.75) is 6.92 Å². The summed E-state index contributed by atoms with van der Waals surface area (Å²) >= 11 is 11.9. The van der Waals surface area contributed by atoms with Crippen LogP contribution in [0.25, 0.3) is 0 Å². The van der Waals surface area contributed by atoms with Crippen LogP contribution in [0.1, 0.15) is 6.92 Å². The van der Waals surface area contributed by atoms with Crippen LogP contribution in [-0.2, 0) is 4.79 Å². The van der Waals surface area contributed by atoms with Crippen LogP contribution in [0.3, 0.4) is 0 Å². The second kappa shape index (κ2) is 3.76. The van der Waals surface area contributed by atoms with Crippen LogP contribution in [0.4, 0.5) is 0 Å². The van der Waals surface area contributed by atoms with E-state index in [9.17, 15) is 4.79 Å². The largest absolute Gasteiger partial charge is 0.331 e. The quantitative estimate of drug-likeness (QED) is 0.796. The number of aromatic nitrogens is 2. The Balaban J connectivity index is 3.01. The highest BCUT2D eigenvalue weighted by molar-refractivity contribution is 9.11. The Morgan fingerprint density at radius 1 is 1.67 bits per heavy atom. The number of nitrogens with zero attached hydrogens (tertiary/aromatic N) is 2. The van der Waals surface area contributed by atoms with Gasteiger partial charge in [0.05, 0.1) is 0 Å². The Morgan fingerprint density at radius 2 is 2.25 bits per heavy atom. The molecule has 0 aliphatic carbocycles. The lowest BCUT2D eigenvalue weighted by Crippen LogP contribution is -2.17. The molecule has 0 atom stereocenters. The molecule has 7 heteroatoms. The van der Waals surface area contributed by atoms with Gasteiger partial charge < -0.3 is 4.84 Å². The summed E-state index contributed by atoms with van der Waals surface area (Å²) in [4.78, 5) is 16.2. The molecule has 0 aromatic carbocycles. The molecule has 66 valence electrons. The first kappa shape index (κ1) is 10.0. The van der Waals surface area contributed by atoms with Crippen LogP contribution >= 0.6 is 43.5 Å². The van der Waals surface area contributed by atoms with Crippen molar-refractivity contribution in [1.29, 1.82) is 0 Å². The Labute approximate surface area is 90.0 Å². The first-order chi connectivity index (χ1) is 5.52. The number of rotatable bonds is 1. The number of hydrogen-bond acceptors (Lipinski definition) is 3. The molecule has 0 bridgehead atoms. The molecule has 0 saturated heterocycles. The molecular formula is C5H3Br2ClN2O2. The molecule has 0 fully saturated rings. The molecule has 0 spiro atoms. The number of carbonyl (C=O) groups is 1. The predicted molar refractivity (Wildman–Crippen MR) is 49.9 cm³/mol. The van der Waals surface area contributed by atoms with Gasteiger partial charge in [0.25, 0.3) is 0 Å². The van der Waals surface area contributed by atoms with E-state index in [0.29, 0.717) is 14.2 Å². The van der Waals surface area contributed by atoms with Crippen molar-refractivity contribution in [2.24, 2.45) is 0 Å². The molecule has 0 aliphatic heterocycles. The first-order valence-corrected chi connectivity index (χ1v) is 4.77. The fraction of sp³-hybridized carbons (Fsp3) is 0.200. The van der Waals surface area contributed by atoms with E-state index in [1.54, 1.807) is 0 Å². The van der Waals surface area contributed by atoms with Crippen molar-refractivity contribution < 1.29 is 9.63 Å². The van der Waals surface area contributed by atoms with Crippen LogP contribution < -0.4 is 4.84 Å². The van der Waals surface area contributed by atoms with Gasteiger partial charge in [0.15, 0.2) is 9.21 Å². The van der Waals surface area contributed by atoms with Crippen molar-refractivity contribution in [2.75, 3.05) is 0 Å². The van der Waals surface area contributed by atoms with E-state index in [-0.39, 0.29) is 0 Å². The van der Waals surface area contributed by atoms with E-state index in [2.05, 4.69) is 41.8 Å². The Morgan fingerprint density at radius 3 is 2.58 bits per heavy atom. The van der Waals surface area contributed by atoms with Crippen LogP contribution in [-0.4, -0.2) is 15.9 Å². The first-order valence-electron chi connectivity index (χ1n) is 2.80. The lowest BCUT2D eigenvalue weighted by atomic mass is 10.7. The second-order valence-electron chi connectivity index (χ2n) is 1.85. The maximum atomic E-state index is 10.5. The molecule has 0 saturated carbocycles. The normalized spacial score (nSPS) is 10.0. The van der Waals surface area contributed by atoms with Crippen LogP contribution in [0.5, 0.6) is 0 Å². The summed E-state index contributed by atoms with van der Waals surface area (Å²) in [6, 6.07) is 0. The van der Waals surface area contributed by atoms with Gasteiger partial charge in [-0.3, -0.25) is 0 Å². The maximum absolute atomic E-state index is 10.5. The summed E-state index contributed by atoms with van der Waals surface area (Å²) in [5.41, 5.74) is 0. The molecule has 0 amide bonds. The standard InChI is InChI=1S/C5H3Br2ClN2O2/c1-2(11)12-10-5(7)3(8)4(6)9-10/h1H3. The highest BCUT2D eigenvalue weighted by atomic mass is 79.9. The van der Waals surface area contributed by atoms with Gasteiger partial charge in [-0.25, -0.2) is 4.79 Å². The van der Waals surface area contributed by atoms with Crippen molar-refractivity contribution >= 4 is 49.4 Å². The molecular weight excluding hydrogens is 315 g/mol. The smallest absolute Gasteiger partial charge is 0.318 e. The molecule has 1 aromatic rings. The number of carbonyl (C=O) groups excluding carboxylic acids is 1. The minimum absolute atomic E-state index is 0.358. The zero-order valence-corrected chi connectivity index (χ0v) is 9.77. The monoisotopic (exact) mass is 316 g/mol. The second-order valence-corrected chi connectivity index (χ2v) is 3.73. The lowest BCUT2D eigenvalue weighted by molar-refractivity contribution is -0.143. The summed E-state index contributed by atoms with van der Waals surface area (Å²) < 4.78 is 0.809. The van der Waals surface area contributed by atoms with E-state index >= 15 is 0 Å². The van der Waals surface area contributed by atoms with Gasteiger partial charge >= 0.3 is 5.97 Å². The Hall–Kier alpha value is -0.0700. The van der Waals surface area contributed by atoms with E-state index in [4.69, 9.17) is 11.6 Å². The van der Waals surface area contributed by atoms with Gasteiger partial charge in [-0.05, 0) is 31.9 Å². The summed E-state index contributed by atoms with van der Waals surface area (Å²) in [6.07, 6.45) is 0. The minimum atomic E-state index is -0.470. The zero-order valence-electron chi connectivity index (χ0n) is 5.84. The van der Waals surface area contributed by atoms with Gasteiger partial charge in [0.1, 0.15) is 5.02 Å².